The summed E-state index contributed by atoms with van der Waals surface area (Å²) in [6.07, 6.45) is 2.16. The molecule has 1 aromatic carbocycles. The zero-order valence-electron chi connectivity index (χ0n) is 15.9. The van der Waals surface area contributed by atoms with Gasteiger partial charge in [-0.2, -0.15) is 0 Å². The number of likely N-dealkylation sites (N-methyl/N-ethyl adjacent to an activating group) is 1. The molecular weight excluding hydrogens is 370 g/mol. The molecule has 1 aliphatic rings. The molecule has 0 bridgehead atoms. The second-order valence-corrected chi connectivity index (χ2v) is 8.06. The van der Waals surface area contributed by atoms with Gasteiger partial charge in [-0.15, -0.1) is 0 Å². The summed E-state index contributed by atoms with van der Waals surface area (Å²) in [5.41, 5.74) is 0.116. The third-order valence-corrected chi connectivity index (χ3v) is 6.07. The number of carbonyl (C=O) groups is 2. The molecule has 0 aromatic heterocycles. The van der Waals surface area contributed by atoms with E-state index in [1.54, 1.807) is 6.92 Å². The number of nitrogens with one attached hydrogen (secondary N) is 2. The van der Waals surface area contributed by atoms with E-state index in [0.29, 0.717) is 6.54 Å². The maximum atomic E-state index is 12.6. The quantitative estimate of drug-likeness (QED) is 0.681. The highest BCUT2D eigenvalue weighted by atomic mass is 32.2. The van der Waals surface area contributed by atoms with Crippen molar-refractivity contribution < 1.29 is 22.7 Å². The fourth-order valence-electron chi connectivity index (χ4n) is 3.16. The Kier molecular flexibility index (Phi) is 7.20. The highest BCUT2D eigenvalue weighted by Gasteiger charge is 2.25. The van der Waals surface area contributed by atoms with Crippen LogP contribution in [0.2, 0.25) is 0 Å². The van der Waals surface area contributed by atoms with Gasteiger partial charge in [-0.05, 0) is 44.1 Å². The van der Waals surface area contributed by atoms with Gasteiger partial charge in [0.1, 0.15) is 5.75 Å². The number of methoxy groups -OCH3 is 1. The van der Waals surface area contributed by atoms with Crippen LogP contribution in [-0.2, 0) is 14.8 Å². The third-order valence-electron chi connectivity index (χ3n) is 4.70. The van der Waals surface area contributed by atoms with E-state index in [9.17, 15) is 18.0 Å². The molecule has 150 valence electrons. The lowest BCUT2D eigenvalue weighted by atomic mass is 10.1. The van der Waals surface area contributed by atoms with Crippen molar-refractivity contribution >= 4 is 21.8 Å². The Morgan fingerprint density at radius 3 is 2.67 bits per heavy atom. The predicted molar refractivity (Wildman–Crippen MR) is 101 cm³/mol. The first-order valence-electron chi connectivity index (χ1n) is 9.08. The molecule has 0 spiro atoms. The first-order valence-corrected chi connectivity index (χ1v) is 10.6. The first kappa shape index (κ1) is 21.2. The second-order valence-electron chi connectivity index (χ2n) is 6.38. The summed E-state index contributed by atoms with van der Waals surface area (Å²) < 4.78 is 31.8. The van der Waals surface area contributed by atoms with E-state index in [1.165, 1.54) is 25.3 Å². The molecule has 27 heavy (non-hydrogen) atoms. The number of nitrogens with zero attached hydrogens (tertiary/aromatic N) is 1. The Bertz CT molecular complexity index is 794. The highest BCUT2D eigenvalue weighted by molar-refractivity contribution is 7.90. The minimum Gasteiger partial charge on any atom is -0.496 e. The molecule has 2 rings (SSSR count). The molecule has 1 unspecified atom stereocenters. The van der Waals surface area contributed by atoms with Gasteiger partial charge in [-0.3, -0.25) is 14.5 Å². The van der Waals surface area contributed by atoms with E-state index in [-0.39, 0.29) is 28.7 Å². The van der Waals surface area contributed by atoms with Crippen LogP contribution in [0.4, 0.5) is 0 Å². The van der Waals surface area contributed by atoms with Crippen molar-refractivity contribution in [1.82, 2.24) is 14.9 Å². The second kappa shape index (κ2) is 9.18. The van der Waals surface area contributed by atoms with Crippen molar-refractivity contribution in [2.75, 3.05) is 26.7 Å². The van der Waals surface area contributed by atoms with Gasteiger partial charge in [0.2, 0.25) is 5.91 Å². The normalized spacial score (nSPS) is 17.5. The van der Waals surface area contributed by atoms with Crippen molar-refractivity contribution in [1.29, 1.82) is 0 Å². The monoisotopic (exact) mass is 397 g/mol. The van der Waals surface area contributed by atoms with E-state index >= 15 is 0 Å². The smallest absolute Gasteiger partial charge is 0.264 e. The first-order chi connectivity index (χ1) is 12.8. The zero-order chi connectivity index (χ0) is 20.0. The molecule has 2 N–H and O–H groups in total. The third kappa shape index (κ3) is 5.20. The number of ether oxygens (including phenoxy) is 1. The molecule has 2 amide bonds. The Balaban J connectivity index is 2.19. The summed E-state index contributed by atoms with van der Waals surface area (Å²) in [7, 11) is -2.63. The van der Waals surface area contributed by atoms with Gasteiger partial charge in [0.15, 0.2) is 0 Å². The van der Waals surface area contributed by atoms with Crippen molar-refractivity contribution in [3.8, 4) is 5.75 Å². The summed E-state index contributed by atoms with van der Waals surface area (Å²) in [6, 6.07) is 4.22. The van der Waals surface area contributed by atoms with Crippen LogP contribution in [0.3, 0.4) is 0 Å². The maximum Gasteiger partial charge on any atom is 0.264 e. The van der Waals surface area contributed by atoms with Crippen LogP contribution in [-0.4, -0.2) is 57.9 Å². The van der Waals surface area contributed by atoms with Crippen molar-refractivity contribution in [2.24, 2.45) is 0 Å². The van der Waals surface area contributed by atoms with Gasteiger partial charge in [0.05, 0.1) is 17.6 Å². The molecular formula is C18H27N3O5S. The summed E-state index contributed by atoms with van der Waals surface area (Å²) in [5.74, 6) is -0.751. The standard InChI is InChI=1S/C18H27N3O5S/c1-4-17(22)20-27(24,25)14-8-9-16(26-3)15(11-14)18(23)19-12-13-7-6-10-21(13)5-2/h8-9,11,13H,4-7,10,12H2,1-3H3,(H,19,23)(H,20,22). The highest BCUT2D eigenvalue weighted by Crippen LogP contribution is 2.23. The fraction of sp³-hybridized carbons (Fsp3) is 0.556. The minimum absolute atomic E-state index is 0.0397. The van der Waals surface area contributed by atoms with Crippen molar-refractivity contribution in [2.45, 2.75) is 44.0 Å². The summed E-state index contributed by atoms with van der Waals surface area (Å²) >= 11 is 0. The van der Waals surface area contributed by atoms with E-state index in [0.717, 1.165) is 25.9 Å². The van der Waals surface area contributed by atoms with E-state index < -0.39 is 21.8 Å². The predicted octanol–water partition coefficient (Wildman–Crippen LogP) is 1.12. The molecule has 1 heterocycles. The van der Waals surface area contributed by atoms with Gasteiger partial charge >= 0.3 is 0 Å². The van der Waals surface area contributed by atoms with Crippen molar-refractivity contribution in [3.05, 3.63) is 23.8 Å². The summed E-state index contributed by atoms with van der Waals surface area (Å²) in [5, 5.41) is 2.87. The summed E-state index contributed by atoms with van der Waals surface area (Å²) in [6.45, 7) is 6.07. The van der Waals surface area contributed by atoms with E-state index in [1.807, 2.05) is 4.72 Å². The van der Waals surface area contributed by atoms with E-state index in [4.69, 9.17) is 4.74 Å². The van der Waals surface area contributed by atoms with Crippen LogP contribution in [0.25, 0.3) is 0 Å². The number of amides is 2. The SMILES string of the molecule is CCC(=O)NS(=O)(=O)c1ccc(OC)c(C(=O)NCC2CCCN2CC)c1. The van der Waals surface area contributed by atoms with Gasteiger partial charge in [-0.25, -0.2) is 13.1 Å². The molecule has 0 aliphatic carbocycles. The maximum absolute atomic E-state index is 12.6. The lowest BCUT2D eigenvalue weighted by molar-refractivity contribution is -0.119. The lowest BCUT2D eigenvalue weighted by Crippen LogP contribution is -2.40. The molecule has 0 saturated carbocycles. The van der Waals surface area contributed by atoms with E-state index in [2.05, 4.69) is 17.1 Å². The molecule has 1 aromatic rings. The zero-order valence-corrected chi connectivity index (χ0v) is 16.8. The molecule has 0 radical (unpaired) electrons. The number of likely N-dealkylation sites (tertiary alicyclic amines) is 1. The van der Waals surface area contributed by atoms with Crippen molar-refractivity contribution in [3.63, 3.8) is 0 Å². The van der Waals surface area contributed by atoms with Gasteiger partial charge < -0.3 is 10.1 Å². The Labute approximate surface area is 160 Å². The fourth-order valence-corrected chi connectivity index (χ4v) is 4.24. The molecule has 9 heteroatoms. The van der Waals surface area contributed by atoms with Crippen LogP contribution < -0.4 is 14.8 Å². The van der Waals surface area contributed by atoms with Crippen LogP contribution in [0.1, 0.15) is 43.5 Å². The van der Waals surface area contributed by atoms with Crippen LogP contribution >= 0.6 is 0 Å². The number of hydrogen-bond donors (Lipinski definition) is 2. The van der Waals surface area contributed by atoms with Gasteiger partial charge in [0.25, 0.3) is 15.9 Å². The largest absolute Gasteiger partial charge is 0.496 e. The topological polar surface area (TPSA) is 105 Å². The lowest BCUT2D eigenvalue weighted by Gasteiger charge is -2.23. The van der Waals surface area contributed by atoms with Crippen LogP contribution in [0.5, 0.6) is 5.75 Å². The Hall–Kier alpha value is -2.13. The number of carbonyl (C=O) groups excluding carboxylic acids is 2. The van der Waals surface area contributed by atoms with Gasteiger partial charge in [-0.1, -0.05) is 13.8 Å². The van der Waals surface area contributed by atoms with Crippen LogP contribution in [0, 0.1) is 0 Å². The average Bonchev–Trinajstić information content (AvgIpc) is 3.12. The minimum atomic E-state index is -4.04. The number of sulfonamides is 1. The number of benzene rings is 1. The Morgan fingerprint density at radius 1 is 1.30 bits per heavy atom. The van der Waals surface area contributed by atoms with Crippen LogP contribution in [0.15, 0.2) is 23.1 Å². The molecule has 1 saturated heterocycles. The van der Waals surface area contributed by atoms with Gasteiger partial charge in [0, 0.05) is 19.0 Å². The Morgan fingerprint density at radius 2 is 2.04 bits per heavy atom. The summed E-state index contributed by atoms with van der Waals surface area (Å²) in [4.78, 5) is 26.2. The molecule has 1 atom stereocenters. The molecule has 8 nitrogen and oxygen atoms in total. The molecule has 1 fully saturated rings. The average molecular weight is 397 g/mol. The number of rotatable bonds is 8. The number of hydrogen-bond acceptors (Lipinski definition) is 6. The molecule has 1 aliphatic heterocycles.